The van der Waals surface area contributed by atoms with E-state index >= 15 is 0 Å². The largest absolute Gasteiger partial charge is 0.295 e. The van der Waals surface area contributed by atoms with Crippen molar-refractivity contribution in [3.05, 3.63) is 84.4 Å². The number of hydrogen-bond donors (Lipinski definition) is 1. The Hall–Kier alpha value is -2.92. The van der Waals surface area contributed by atoms with Gasteiger partial charge in [-0.15, -0.1) is 0 Å². The fourth-order valence-electron chi connectivity index (χ4n) is 2.07. The van der Waals surface area contributed by atoms with Crippen LogP contribution in [0.3, 0.4) is 0 Å². The molecule has 0 aliphatic rings. The SMILES string of the molecule is O=C(NOCc1ccccc1)c1cncn1-c1ccccc1. The van der Waals surface area contributed by atoms with Gasteiger partial charge >= 0.3 is 0 Å². The average molecular weight is 293 g/mol. The third-order valence-electron chi connectivity index (χ3n) is 3.15. The maximum Gasteiger partial charge on any atom is 0.293 e. The second-order valence-corrected chi connectivity index (χ2v) is 4.69. The molecule has 0 atom stereocenters. The number of imidazole rings is 1. The van der Waals surface area contributed by atoms with Gasteiger partial charge in [0.05, 0.1) is 19.1 Å². The average Bonchev–Trinajstić information content (AvgIpc) is 3.06. The second kappa shape index (κ2) is 6.69. The molecule has 0 unspecified atom stereocenters. The molecule has 1 N–H and O–H groups in total. The van der Waals surface area contributed by atoms with Crippen molar-refractivity contribution in [3.8, 4) is 5.69 Å². The first-order valence-electron chi connectivity index (χ1n) is 6.88. The molecule has 0 bridgehead atoms. The number of amides is 1. The topological polar surface area (TPSA) is 56.1 Å². The number of aromatic nitrogens is 2. The molecular weight excluding hydrogens is 278 g/mol. The minimum absolute atomic E-state index is 0.312. The van der Waals surface area contributed by atoms with Crippen LogP contribution >= 0.6 is 0 Å². The van der Waals surface area contributed by atoms with E-state index in [9.17, 15) is 4.79 Å². The zero-order valence-electron chi connectivity index (χ0n) is 11.8. The molecular formula is C17H15N3O2. The summed E-state index contributed by atoms with van der Waals surface area (Å²) in [7, 11) is 0. The van der Waals surface area contributed by atoms with Crippen molar-refractivity contribution >= 4 is 5.91 Å². The summed E-state index contributed by atoms with van der Waals surface area (Å²) in [6, 6.07) is 19.2. The first-order valence-corrected chi connectivity index (χ1v) is 6.88. The van der Waals surface area contributed by atoms with Crippen LogP contribution in [0.15, 0.2) is 73.2 Å². The molecule has 2 aromatic carbocycles. The van der Waals surface area contributed by atoms with E-state index < -0.39 is 0 Å². The molecule has 110 valence electrons. The van der Waals surface area contributed by atoms with Crippen LogP contribution in [0.2, 0.25) is 0 Å². The van der Waals surface area contributed by atoms with Crippen LogP contribution in [0.5, 0.6) is 0 Å². The fourth-order valence-corrected chi connectivity index (χ4v) is 2.07. The summed E-state index contributed by atoms with van der Waals surface area (Å²) in [5, 5.41) is 0. The number of benzene rings is 2. The molecule has 5 heteroatoms. The van der Waals surface area contributed by atoms with Crippen LogP contribution in [-0.4, -0.2) is 15.5 Å². The van der Waals surface area contributed by atoms with Crippen LogP contribution in [0.4, 0.5) is 0 Å². The Morgan fingerprint density at radius 3 is 2.45 bits per heavy atom. The van der Waals surface area contributed by atoms with Gasteiger partial charge in [0.15, 0.2) is 0 Å². The Bertz CT molecular complexity index is 739. The van der Waals surface area contributed by atoms with Crippen LogP contribution in [0, 0.1) is 0 Å². The number of nitrogens with zero attached hydrogens (tertiary/aromatic N) is 2. The molecule has 1 heterocycles. The zero-order valence-corrected chi connectivity index (χ0v) is 11.8. The van der Waals surface area contributed by atoms with Gasteiger partial charge in [0.2, 0.25) is 0 Å². The van der Waals surface area contributed by atoms with Crippen molar-refractivity contribution in [2.75, 3.05) is 0 Å². The Morgan fingerprint density at radius 2 is 1.73 bits per heavy atom. The Kier molecular flexibility index (Phi) is 4.27. The van der Waals surface area contributed by atoms with Crippen LogP contribution < -0.4 is 5.48 Å². The van der Waals surface area contributed by atoms with Gasteiger partial charge in [0.25, 0.3) is 5.91 Å². The second-order valence-electron chi connectivity index (χ2n) is 4.69. The van der Waals surface area contributed by atoms with Gasteiger partial charge in [-0.25, -0.2) is 10.5 Å². The molecule has 3 aromatic rings. The van der Waals surface area contributed by atoms with E-state index in [2.05, 4.69) is 10.5 Å². The molecule has 0 aliphatic carbocycles. The van der Waals surface area contributed by atoms with Gasteiger partial charge in [0.1, 0.15) is 5.69 Å². The van der Waals surface area contributed by atoms with Crippen molar-refractivity contribution < 1.29 is 9.63 Å². The molecule has 1 amide bonds. The summed E-state index contributed by atoms with van der Waals surface area (Å²) in [6.45, 7) is 0.312. The van der Waals surface area contributed by atoms with Gasteiger partial charge < -0.3 is 0 Å². The monoisotopic (exact) mass is 293 g/mol. The lowest BCUT2D eigenvalue weighted by atomic mass is 10.2. The highest BCUT2D eigenvalue weighted by atomic mass is 16.6. The normalized spacial score (nSPS) is 10.4. The van der Waals surface area contributed by atoms with Crippen LogP contribution in [-0.2, 0) is 11.4 Å². The minimum atomic E-state index is -0.336. The lowest BCUT2D eigenvalue weighted by Crippen LogP contribution is -2.25. The van der Waals surface area contributed by atoms with Gasteiger partial charge in [-0.2, -0.15) is 0 Å². The molecule has 3 rings (SSSR count). The highest BCUT2D eigenvalue weighted by molar-refractivity contribution is 5.92. The molecule has 1 aromatic heterocycles. The Balaban J connectivity index is 1.65. The molecule has 22 heavy (non-hydrogen) atoms. The number of hydrogen-bond acceptors (Lipinski definition) is 3. The van der Waals surface area contributed by atoms with Crippen LogP contribution in [0.1, 0.15) is 16.1 Å². The third kappa shape index (κ3) is 3.21. The van der Waals surface area contributed by atoms with Gasteiger partial charge in [-0.05, 0) is 17.7 Å². The molecule has 0 spiro atoms. The van der Waals surface area contributed by atoms with Gasteiger partial charge in [0, 0.05) is 5.69 Å². The molecule has 0 radical (unpaired) electrons. The van der Waals surface area contributed by atoms with Crippen molar-refractivity contribution in [2.24, 2.45) is 0 Å². The van der Waals surface area contributed by atoms with Crippen molar-refractivity contribution in [2.45, 2.75) is 6.61 Å². The van der Waals surface area contributed by atoms with E-state index in [4.69, 9.17) is 4.84 Å². The van der Waals surface area contributed by atoms with Crippen molar-refractivity contribution in [1.82, 2.24) is 15.0 Å². The maximum absolute atomic E-state index is 12.2. The predicted molar refractivity (Wildman–Crippen MR) is 82.3 cm³/mol. The quantitative estimate of drug-likeness (QED) is 0.736. The molecule has 0 fully saturated rings. The summed E-state index contributed by atoms with van der Waals surface area (Å²) in [6.07, 6.45) is 3.11. The number of rotatable bonds is 5. The number of carbonyl (C=O) groups excluding carboxylic acids is 1. The molecule has 0 saturated heterocycles. The standard InChI is InChI=1S/C17H15N3O2/c21-17(19-22-12-14-7-3-1-4-8-14)16-11-18-13-20(16)15-9-5-2-6-10-15/h1-11,13H,12H2,(H,19,21). The highest BCUT2D eigenvalue weighted by Crippen LogP contribution is 2.10. The number of para-hydroxylation sites is 1. The van der Waals surface area contributed by atoms with E-state index in [1.165, 1.54) is 6.20 Å². The number of nitrogens with one attached hydrogen (secondary N) is 1. The fraction of sp³-hybridized carbons (Fsp3) is 0.0588. The number of hydroxylamine groups is 1. The van der Waals surface area contributed by atoms with Crippen molar-refractivity contribution in [3.63, 3.8) is 0 Å². The first kappa shape index (κ1) is 14.0. The summed E-state index contributed by atoms with van der Waals surface area (Å²) in [5.74, 6) is -0.336. The minimum Gasteiger partial charge on any atom is -0.295 e. The van der Waals surface area contributed by atoms with Gasteiger partial charge in [-0.3, -0.25) is 14.2 Å². The third-order valence-corrected chi connectivity index (χ3v) is 3.15. The summed E-state index contributed by atoms with van der Waals surface area (Å²) >= 11 is 0. The predicted octanol–water partition coefficient (Wildman–Crippen LogP) is 2.73. The molecule has 0 aliphatic heterocycles. The summed E-state index contributed by atoms with van der Waals surface area (Å²) in [5.41, 5.74) is 4.71. The Labute approximate surface area is 128 Å². The van der Waals surface area contributed by atoms with E-state index in [0.717, 1.165) is 11.3 Å². The van der Waals surface area contributed by atoms with E-state index in [1.54, 1.807) is 10.9 Å². The van der Waals surface area contributed by atoms with Gasteiger partial charge in [-0.1, -0.05) is 48.5 Å². The van der Waals surface area contributed by atoms with Crippen LogP contribution in [0.25, 0.3) is 5.69 Å². The van der Waals surface area contributed by atoms with Crippen molar-refractivity contribution in [1.29, 1.82) is 0 Å². The maximum atomic E-state index is 12.2. The lowest BCUT2D eigenvalue weighted by molar-refractivity contribution is 0.0228. The summed E-state index contributed by atoms with van der Waals surface area (Å²) in [4.78, 5) is 21.5. The first-order chi connectivity index (χ1) is 10.8. The van der Waals surface area contributed by atoms with E-state index in [0.29, 0.717) is 12.3 Å². The Morgan fingerprint density at radius 1 is 1.05 bits per heavy atom. The van der Waals surface area contributed by atoms with E-state index in [1.807, 2.05) is 60.7 Å². The number of carbonyl (C=O) groups is 1. The lowest BCUT2D eigenvalue weighted by Gasteiger charge is -2.09. The molecule has 0 saturated carbocycles. The zero-order chi connectivity index (χ0) is 15.2. The summed E-state index contributed by atoms with van der Waals surface area (Å²) < 4.78 is 1.71. The highest BCUT2D eigenvalue weighted by Gasteiger charge is 2.12. The molecule has 5 nitrogen and oxygen atoms in total. The smallest absolute Gasteiger partial charge is 0.293 e. The van der Waals surface area contributed by atoms with E-state index in [-0.39, 0.29) is 5.91 Å².